The van der Waals surface area contributed by atoms with Crippen LogP contribution in [-0.2, 0) is 4.79 Å². The first-order chi connectivity index (χ1) is 8.89. The number of piperidine rings is 1. The molecule has 0 spiro atoms. The zero-order valence-corrected chi connectivity index (χ0v) is 12.8. The summed E-state index contributed by atoms with van der Waals surface area (Å²) in [5, 5.41) is 12.4. The monoisotopic (exact) mass is 271 g/mol. The van der Waals surface area contributed by atoms with E-state index in [0.717, 1.165) is 19.6 Å². The molecule has 0 aliphatic carbocycles. The molecular formula is C14H29N3O2. The second-order valence-corrected chi connectivity index (χ2v) is 5.95. The fourth-order valence-corrected chi connectivity index (χ4v) is 2.70. The summed E-state index contributed by atoms with van der Waals surface area (Å²) >= 11 is 0. The van der Waals surface area contributed by atoms with E-state index in [4.69, 9.17) is 0 Å². The van der Waals surface area contributed by atoms with Gasteiger partial charge >= 0.3 is 5.97 Å². The van der Waals surface area contributed by atoms with Crippen LogP contribution in [0.3, 0.4) is 0 Å². The van der Waals surface area contributed by atoms with Gasteiger partial charge in [-0.05, 0) is 59.9 Å². The van der Waals surface area contributed by atoms with E-state index in [2.05, 4.69) is 29.2 Å². The van der Waals surface area contributed by atoms with Gasteiger partial charge in [0, 0.05) is 12.6 Å². The van der Waals surface area contributed by atoms with Gasteiger partial charge in [0.05, 0.1) is 0 Å². The topological polar surface area (TPSA) is 55.8 Å². The second-order valence-electron chi connectivity index (χ2n) is 5.95. The van der Waals surface area contributed by atoms with Gasteiger partial charge in [-0.15, -0.1) is 0 Å². The van der Waals surface area contributed by atoms with Crippen LogP contribution in [0.1, 0.15) is 33.1 Å². The van der Waals surface area contributed by atoms with Crippen molar-refractivity contribution in [3.8, 4) is 0 Å². The third-order valence-electron chi connectivity index (χ3n) is 4.25. The Morgan fingerprint density at radius 1 is 1.42 bits per heavy atom. The molecule has 2 N–H and O–H groups in total. The molecule has 0 aromatic rings. The highest BCUT2D eigenvalue weighted by Crippen LogP contribution is 2.17. The summed E-state index contributed by atoms with van der Waals surface area (Å²) in [5.74, 6) is -0.752. The molecule has 0 aromatic heterocycles. The van der Waals surface area contributed by atoms with Crippen molar-refractivity contribution in [2.24, 2.45) is 0 Å². The molecule has 1 unspecified atom stereocenters. The highest BCUT2D eigenvalue weighted by atomic mass is 16.4. The number of likely N-dealkylation sites (N-methyl/N-ethyl adjacent to an activating group) is 1. The number of hydrogen-bond acceptors (Lipinski definition) is 4. The number of rotatable bonds is 7. The van der Waals surface area contributed by atoms with Gasteiger partial charge in [-0.3, -0.25) is 4.79 Å². The lowest BCUT2D eigenvalue weighted by atomic mass is 9.96. The molecule has 1 atom stereocenters. The zero-order valence-electron chi connectivity index (χ0n) is 12.8. The van der Waals surface area contributed by atoms with Crippen LogP contribution in [-0.4, -0.2) is 72.7 Å². The van der Waals surface area contributed by atoms with Crippen molar-refractivity contribution in [2.45, 2.75) is 44.7 Å². The summed E-state index contributed by atoms with van der Waals surface area (Å²) in [6, 6.07) is 0.677. The third-order valence-corrected chi connectivity index (χ3v) is 4.25. The summed E-state index contributed by atoms with van der Waals surface area (Å²) in [6.45, 7) is 7.42. The molecule has 5 heteroatoms. The fourth-order valence-electron chi connectivity index (χ4n) is 2.70. The summed E-state index contributed by atoms with van der Waals surface area (Å²) in [7, 11) is 4.26. The quantitative estimate of drug-likeness (QED) is 0.719. The lowest BCUT2D eigenvalue weighted by molar-refractivity contribution is -0.144. The number of aliphatic carboxylic acids is 1. The van der Waals surface area contributed by atoms with Crippen LogP contribution in [0.25, 0.3) is 0 Å². The first-order valence-corrected chi connectivity index (χ1v) is 7.26. The Morgan fingerprint density at radius 2 is 2.00 bits per heavy atom. The normalized spacial score (nSPS) is 21.5. The van der Waals surface area contributed by atoms with Crippen LogP contribution in [0.4, 0.5) is 0 Å². The Hall–Kier alpha value is -0.650. The number of nitrogens with one attached hydrogen (secondary N) is 1. The molecule has 112 valence electrons. The Bertz CT molecular complexity index is 288. The van der Waals surface area contributed by atoms with E-state index in [-0.39, 0.29) is 0 Å². The molecule has 0 saturated carbocycles. The smallest absolute Gasteiger partial charge is 0.323 e. The largest absolute Gasteiger partial charge is 0.480 e. The predicted octanol–water partition coefficient (Wildman–Crippen LogP) is 0.855. The van der Waals surface area contributed by atoms with Crippen LogP contribution in [0.15, 0.2) is 0 Å². The van der Waals surface area contributed by atoms with Gasteiger partial charge in [-0.2, -0.15) is 0 Å². The van der Waals surface area contributed by atoms with E-state index in [9.17, 15) is 9.90 Å². The minimum atomic E-state index is -0.798. The molecule has 1 rings (SSSR count). The fraction of sp³-hybridized carbons (Fsp3) is 0.929. The molecule has 1 saturated heterocycles. The molecule has 1 heterocycles. The number of carbonyl (C=O) groups is 1. The van der Waals surface area contributed by atoms with Gasteiger partial charge in [0.15, 0.2) is 0 Å². The molecule has 0 radical (unpaired) electrons. The highest BCUT2D eigenvalue weighted by Gasteiger charge is 2.32. The number of hydrogen-bond donors (Lipinski definition) is 2. The van der Waals surface area contributed by atoms with E-state index in [0.29, 0.717) is 19.0 Å². The molecule has 5 nitrogen and oxygen atoms in total. The Labute approximate surface area is 117 Å². The van der Waals surface area contributed by atoms with Gasteiger partial charge in [0.2, 0.25) is 0 Å². The third kappa shape index (κ3) is 4.75. The summed E-state index contributed by atoms with van der Waals surface area (Å²) in [6.07, 6.45) is 3.01. The molecule has 1 aliphatic rings. The van der Waals surface area contributed by atoms with E-state index in [1.807, 2.05) is 6.92 Å². The van der Waals surface area contributed by atoms with E-state index < -0.39 is 11.5 Å². The van der Waals surface area contributed by atoms with Crippen molar-refractivity contribution < 1.29 is 9.90 Å². The molecule has 19 heavy (non-hydrogen) atoms. The van der Waals surface area contributed by atoms with Gasteiger partial charge in [0.25, 0.3) is 0 Å². The SMILES string of the molecule is CCNC(C)(CCN1CCC(N(C)C)CC1)C(=O)O. The molecule has 0 bridgehead atoms. The average molecular weight is 271 g/mol. The van der Waals surface area contributed by atoms with Crippen molar-refractivity contribution in [1.82, 2.24) is 15.1 Å². The van der Waals surface area contributed by atoms with Gasteiger partial charge < -0.3 is 20.2 Å². The first-order valence-electron chi connectivity index (χ1n) is 7.26. The number of likely N-dealkylation sites (tertiary alicyclic amines) is 1. The van der Waals surface area contributed by atoms with Crippen molar-refractivity contribution in [1.29, 1.82) is 0 Å². The summed E-state index contributed by atoms with van der Waals surface area (Å²) in [4.78, 5) is 16.0. The highest BCUT2D eigenvalue weighted by molar-refractivity contribution is 5.78. The Balaban J connectivity index is 2.38. The van der Waals surface area contributed by atoms with E-state index in [1.54, 1.807) is 6.92 Å². The average Bonchev–Trinajstić information content (AvgIpc) is 2.37. The lowest BCUT2D eigenvalue weighted by Gasteiger charge is -2.36. The van der Waals surface area contributed by atoms with E-state index >= 15 is 0 Å². The van der Waals surface area contributed by atoms with Crippen LogP contribution in [0, 0.1) is 0 Å². The standard InChI is InChI=1S/C14H29N3O2/c1-5-15-14(2,13(18)19)8-11-17-9-6-12(7-10-17)16(3)4/h12,15H,5-11H2,1-4H3,(H,18,19). The number of carboxylic acids is 1. The number of nitrogens with zero attached hydrogens (tertiary/aromatic N) is 2. The van der Waals surface area contributed by atoms with Gasteiger partial charge in [0.1, 0.15) is 5.54 Å². The van der Waals surface area contributed by atoms with Gasteiger partial charge in [-0.25, -0.2) is 0 Å². The van der Waals surface area contributed by atoms with Crippen LogP contribution < -0.4 is 5.32 Å². The van der Waals surface area contributed by atoms with Crippen molar-refractivity contribution >= 4 is 5.97 Å². The maximum Gasteiger partial charge on any atom is 0.323 e. The predicted molar refractivity (Wildman–Crippen MR) is 77.5 cm³/mol. The van der Waals surface area contributed by atoms with Crippen molar-refractivity contribution in [3.05, 3.63) is 0 Å². The zero-order chi connectivity index (χ0) is 14.5. The van der Waals surface area contributed by atoms with Crippen molar-refractivity contribution in [3.63, 3.8) is 0 Å². The van der Waals surface area contributed by atoms with Gasteiger partial charge in [-0.1, -0.05) is 6.92 Å². The Morgan fingerprint density at radius 3 is 2.42 bits per heavy atom. The van der Waals surface area contributed by atoms with Crippen molar-refractivity contribution in [2.75, 3.05) is 40.3 Å². The van der Waals surface area contributed by atoms with Crippen LogP contribution in [0.5, 0.6) is 0 Å². The second kappa shape index (κ2) is 7.22. The molecular weight excluding hydrogens is 242 g/mol. The van der Waals surface area contributed by atoms with Crippen LogP contribution in [0.2, 0.25) is 0 Å². The lowest BCUT2D eigenvalue weighted by Crippen LogP contribution is -2.52. The van der Waals surface area contributed by atoms with Crippen LogP contribution >= 0.6 is 0 Å². The Kier molecular flexibility index (Phi) is 6.23. The molecule has 0 aromatic carbocycles. The summed E-state index contributed by atoms with van der Waals surface area (Å²) in [5.41, 5.74) is -0.798. The minimum absolute atomic E-state index is 0.656. The molecule has 1 fully saturated rings. The maximum absolute atomic E-state index is 11.3. The summed E-state index contributed by atoms with van der Waals surface area (Å²) < 4.78 is 0. The molecule has 0 amide bonds. The maximum atomic E-state index is 11.3. The minimum Gasteiger partial charge on any atom is -0.480 e. The first kappa shape index (κ1) is 16.4. The molecule has 1 aliphatic heterocycles. The number of carboxylic acid groups (broad SMARTS) is 1. The van der Waals surface area contributed by atoms with E-state index in [1.165, 1.54) is 12.8 Å².